The van der Waals surface area contributed by atoms with Gasteiger partial charge in [0.2, 0.25) is 11.3 Å². The summed E-state index contributed by atoms with van der Waals surface area (Å²) in [5, 5.41) is 3.75. The second kappa shape index (κ2) is 9.43. The van der Waals surface area contributed by atoms with E-state index in [2.05, 4.69) is 5.32 Å². The van der Waals surface area contributed by atoms with Gasteiger partial charge >= 0.3 is 0 Å². The smallest absolute Gasteiger partial charge is 0.244 e. The number of pyridine rings is 1. The molecule has 1 aromatic heterocycles. The van der Waals surface area contributed by atoms with Crippen LogP contribution in [0.5, 0.6) is 0 Å². The average molecular weight is 459 g/mol. The van der Waals surface area contributed by atoms with Gasteiger partial charge in [0.1, 0.15) is 6.54 Å². The van der Waals surface area contributed by atoms with Crippen LogP contribution in [0.1, 0.15) is 34.0 Å². The van der Waals surface area contributed by atoms with Crippen LogP contribution < -0.4 is 10.7 Å². The predicted octanol–water partition coefficient (Wildman–Crippen LogP) is 5.40. The fraction of sp³-hybridized carbons (Fsp3) is 0.148. The topological polar surface area (TPSA) is 68.2 Å². The molecule has 6 heteroatoms. The number of rotatable bonds is 6. The highest BCUT2D eigenvalue weighted by Crippen LogP contribution is 2.19. The number of amides is 1. The van der Waals surface area contributed by atoms with Crippen LogP contribution in [0.3, 0.4) is 0 Å². The van der Waals surface area contributed by atoms with E-state index >= 15 is 0 Å². The van der Waals surface area contributed by atoms with Gasteiger partial charge < -0.3 is 9.88 Å². The molecule has 0 unspecified atom stereocenters. The van der Waals surface area contributed by atoms with Crippen molar-refractivity contribution in [2.24, 2.45) is 0 Å². The summed E-state index contributed by atoms with van der Waals surface area (Å²) in [6.07, 6.45) is 2.23. The van der Waals surface area contributed by atoms with Crippen molar-refractivity contribution in [2.75, 3.05) is 5.32 Å². The van der Waals surface area contributed by atoms with Crippen molar-refractivity contribution in [3.05, 3.63) is 110 Å². The molecule has 0 aliphatic carbocycles. The van der Waals surface area contributed by atoms with E-state index in [9.17, 15) is 14.4 Å². The van der Waals surface area contributed by atoms with E-state index < -0.39 is 0 Å². The number of aromatic nitrogens is 1. The first-order chi connectivity index (χ1) is 15.9. The lowest BCUT2D eigenvalue weighted by molar-refractivity contribution is -0.116. The fourth-order valence-corrected chi connectivity index (χ4v) is 3.93. The Labute approximate surface area is 196 Å². The van der Waals surface area contributed by atoms with E-state index in [1.807, 2.05) is 38.1 Å². The SMILES string of the molecule is CCc1ccc2c(c1)c(=O)c(C(=O)c1ccc(C)cc1)cn2CC(=O)Nc1cccc(Cl)c1. The molecule has 0 aliphatic heterocycles. The zero-order valence-corrected chi connectivity index (χ0v) is 19.1. The van der Waals surface area contributed by atoms with Gasteiger partial charge in [-0.05, 0) is 49.2 Å². The highest BCUT2D eigenvalue weighted by atomic mass is 35.5. The molecular formula is C27H23ClN2O3. The number of aryl methyl sites for hydroxylation is 2. The minimum Gasteiger partial charge on any atom is -0.337 e. The molecule has 4 rings (SSSR count). The number of anilines is 1. The lowest BCUT2D eigenvalue weighted by Crippen LogP contribution is -2.24. The van der Waals surface area contributed by atoms with Crippen molar-refractivity contribution >= 4 is 39.9 Å². The van der Waals surface area contributed by atoms with Crippen LogP contribution in [0.2, 0.25) is 5.02 Å². The number of hydrogen-bond acceptors (Lipinski definition) is 3. The minimum absolute atomic E-state index is 0.0372. The molecule has 33 heavy (non-hydrogen) atoms. The highest BCUT2D eigenvalue weighted by molar-refractivity contribution is 6.30. The Kier molecular flexibility index (Phi) is 6.43. The van der Waals surface area contributed by atoms with Crippen LogP contribution >= 0.6 is 11.6 Å². The Bertz CT molecular complexity index is 1420. The third-order valence-electron chi connectivity index (χ3n) is 5.53. The number of benzene rings is 3. The number of halogens is 1. The second-order valence-corrected chi connectivity index (χ2v) is 8.39. The molecule has 0 bridgehead atoms. The Morgan fingerprint density at radius 1 is 1.00 bits per heavy atom. The first kappa shape index (κ1) is 22.5. The molecule has 0 saturated carbocycles. The number of nitrogens with zero attached hydrogens (tertiary/aromatic N) is 1. The largest absolute Gasteiger partial charge is 0.337 e. The Hall–Kier alpha value is -3.70. The molecule has 1 amide bonds. The van der Waals surface area contributed by atoms with Gasteiger partial charge in [0.15, 0.2) is 5.78 Å². The highest BCUT2D eigenvalue weighted by Gasteiger charge is 2.18. The number of hydrogen-bond donors (Lipinski definition) is 1. The summed E-state index contributed by atoms with van der Waals surface area (Å²) in [5.41, 5.74) is 3.30. The molecule has 5 nitrogen and oxygen atoms in total. The molecule has 3 aromatic carbocycles. The zero-order valence-electron chi connectivity index (χ0n) is 18.4. The molecule has 0 radical (unpaired) electrons. The van der Waals surface area contributed by atoms with E-state index in [4.69, 9.17) is 11.6 Å². The molecular weight excluding hydrogens is 436 g/mol. The van der Waals surface area contributed by atoms with E-state index in [0.717, 1.165) is 17.5 Å². The van der Waals surface area contributed by atoms with Crippen LogP contribution in [-0.4, -0.2) is 16.3 Å². The Balaban J connectivity index is 1.78. The van der Waals surface area contributed by atoms with Crippen LogP contribution in [0.15, 0.2) is 77.7 Å². The maximum atomic E-state index is 13.3. The fourth-order valence-electron chi connectivity index (χ4n) is 3.74. The van der Waals surface area contributed by atoms with Crippen molar-refractivity contribution in [3.63, 3.8) is 0 Å². The van der Waals surface area contributed by atoms with E-state index in [1.54, 1.807) is 47.0 Å². The van der Waals surface area contributed by atoms with Crippen LogP contribution in [-0.2, 0) is 17.8 Å². The maximum Gasteiger partial charge on any atom is 0.244 e. The summed E-state index contributed by atoms with van der Waals surface area (Å²) in [6.45, 7) is 3.87. The summed E-state index contributed by atoms with van der Waals surface area (Å²) < 4.78 is 1.65. The van der Waals surface area contributed by atoms with Crippen molar-refractivity contribution in [3.8, 4) is 0 Å². The van der Waals surface area contributed by atoms with E-state index in [0.29, 0.717) is 27.2 Å². The van der Waals surface area contributed by atoms with Gasteiger partial charge in [-0.25, -0.2) is 0 Å². The van der Waals surface area contributed by atoms with Crippen molar-refractivity contribution in [1.29, 1.82) is 0 Å². The van der Waals surface area contributed by atoms with Crippen LogP contribution in [0.25, 0.3) is 10.9 Å². The maximum absolute atomic E-state index is 13.3. The lowest BCUT2D eigenvalue weighted by Gasteiger charge is -2.14. The number of carbonyl (C=O) groups excluding carboxylic acids is 2. The Morgan fingerprint density at radius 3 is 2.45 bits per heavy atom. The quantitative estimate of drug-likeness (QED) is 0.393. The molecule has 0 saturated heterocycles. The van der Waals surface area contributed by atoms with Crippen LogP contribution in [0, 0.1) is 6.92 Å². The van der Waals surface area contributed by atoms with Gasteiger partial charge in [0, 0.05) is 27.9 Å². The van der Waals surface area contributed by atoms with Gasteiger partial charge in [-0.1, -0.05) is 60.5 Å². The third-order valence-corrected chi connectivity index (χ3v) is 5.77. The standard InChI is InChI=1S/C27H23ClN2O3/c1-3-18-9-12-24-22(13-18)27(33)23(26(32)19-10-7-17(2)8-11-19)15-30(24)16-25(31)29-21-6-4-5-20(28)14-21/h4-15H,3,16H2,1-2H3,(H,29,31). The molecule has 0 spiro atoms. The molecule has 1 heterocycles. The summed E-state index contributed by atoms with van der Waals surface area (Å²) in [4.78, 5) is 39.3. The molecule has 1 N–H and O–H groups in total. The van der Waals surface area contributed by atoms with Crippen LogP contribution in [0.4, 0.5) is 5.69 Å². The van der Waals surface area contributed by atoms with Gasteiger partial charge in [0.05, 0.1) is 11.1 Å². The van der Waals surface area contributed by atoms with Gasteiger partial charge in [-0.2, -0.15) is 0 Å². The minimum atomic E-state index is -0.368. The molecule has 0 aliphatic rings. The van der Waals surface area contributed by atoms with Gasteiger partial charge in [0.25, 0.3) is 0 Å². The van der Waals surface area contributed by atoms with Crippen molar-refractivity contribution in [1.82, 2.24) is 4.57 Å². The monoisotopic (exact) mass is 458 g/mol. The summed E-state index contributed by atoms with van der Waals surface area (Å²) in [5.74, 6) is -0.664. The van der Waals surface area contributed by atoms with E-state index in [-0.39, 0.29) is 29.2 Å². The average Bonchev–Trinajstić information content (AvgIpc) is 2.80. The number of nitrogens with one attached hydrogen (secondary N) is 1. The number of ketones is 1. The molecule has 0 fully saturated rings. The molecule has 0 atom stereocenters. The molecule has 166 valence electrons. The Morgan fingerprint density at radius 2 is 1.76 bits per heavy atom. The lowest BCUT2D eigenvalue weighted by atomic mass is 10.00. The zero-order chi connectivity index (χ0) is 23.5. The number of carbonyl (C=O) groups is 2. The third kappa shape index (κ3) is 4.89. The summed E-state index contributed by atoms with van der Waals surface area (Å²) >= 11 is 6.01. The summed E-state index contributed by atoms with van der Waals surface area (Å²) in [7, 11) is 0. The van der Waals surface area contributed by atoms with Gasteiger partial charge in [-0.15, -0.1) is 0 Å². The predicted molar refractivity (Wildman–Crippen MR) is 132 cm³/mol. The van der Waals surface area contributed by atoms with E-state index in [1.165, 1.54) is 6.20 Å². The normalized spacial score (nSPS) is 10.9. The molecule has 4 aromatic rings. The van der Waals surface area contributed by atoms with Crippen molar-refractivity contribution < 1.29 is 9.59 Å². The van der Waals surface area contributed by atoms with Crippen molar-refractivity contribution in [2.45, 2.75) is 26.8 Å². The second-order valence-electron chi connectivity index (χ2n) is 7.96. The first-order valence-corrected chi connectivity index (χ1v) is 11.1. The summed E-state index contributed by atoms with van der Waals surface area (Å²) in [6, 6.07) is 19.5. The number of fused-ring (bicyclic) bond motifs is 1. The first-order valence-electron chi connectivity index (χ1n) is 10.7. The van der Waals surface area contributed by atoms with Gasteiger partial charge in [-0.3, -0.25) is 14.4 Å².